The summed E-state index contributed by atoms with van der Waals surface area (Å²) in [5.74, 6) is 0. The number of aryl methyl sites for hydroxylation is 1. The van der Waals surface area contributed by atoms with Crippen molar-refractivity contribution >= 4 is 11.8 Å². The van der Waals surface area contributed by atoms with Crippen molar-refractivity contribution in [2.75, 3.05) is 13.2 Å². The Morgan fingerprint density at radius 2 is 2.09 bits per heavy atom. The predicted octanol–water partition coefficient (Wildman–Crippen LogP) is 3.88. The van der Waals surface area contributed by atoms with E-state index in [0.29, 0.717) is 0 Å². The largest absolute Gasteiger partial charge is 0.354 e. The number of hydrogen-bond acceptors (Lipinski definition) is 3. The summed E-state index contributed by atoms with van der Waals surface area (Å²) in [4.78, 5) is 6.91. The summed E-state index contributed by atoms with van der Waals surface area (Å²) in [6.45, 7) is 4.03. The van der Waals surface area contributed by atoms with Gasteiger partial charge in [0.25, 0.3) is 0 Å². The molecule has 2 aromatic rings. The molecule has 2 aliphatic heterocycles. The molecule has 0 N–H and O–H groups in total. The maximum Gasteiger partial charge on any atom is 0.158 e. The average molecular weight is 292 g/mol. The zero-order valence-corrected chi connectivity index (χ0v) is 12.8. The molecule has 0 amide bonds. The first-order valence-corrected chi connectivity index (χ1v) is 8.01. The summed E-state index contributed by atoms with van der Waals surface area (Å²) < 4.78 is 6.05. The van der Waals surface area contributed by atoms with Gasteiger partial charge in [0.2, 0.25) is 0 Å². The normalized spacial score (nSPS) is 20.1. The van der Waals surface area contributed by atoms with Crippen molar-refractivity contribution in [3.63, 3.8) is 0 Å². The first kappa shape index (κ1) is 13.5. The van der Waals surface area contributed by atoms with Gasteiger partial charge < -0.3 is 9.64 Å². The molecule has 3 nitrogen and oxygen atoms in total. The van der Waals surface area contributed by atoms with Gasteiger partial charge in [-0.1, -0.05) is 37.3 Å². The summed E-state index contributed by atoms with van der Waals surface area (Å²) in [6, 6.07) is 13.0. The summed E-state index contributed by atoms with van der Waals surface area (Å²) in [5.41, 5.74) is 6.03. The lowest BCUT2D eigenvalue weighted by Crippen LogP contribution is -2.37. The second-order valence-electron chi connectivity index (χ2n) is 5.83. The van der Waals surface area contributed by atoms with Gasteiger partial charge in [-0.3, -0.25) is 4.98 Å². The van der Waals surface area contributed by atoms with Gasteiger partial charge >= 0.3 is 0 Å². The minimum absolute atomic E-state index is 0.00306. The van der Waals surface area contributed by atoms with Crippen LogP contribution in [0.1, 0.15) is 42.0 Å². The molecular weight excluding hydrogens is 272 g/mol. The van der Waals surface area contributed by atoms with Gasteiger partial charge in [-0.15, -0.1) is 0 Å². The molecule has 0 bridgehead atoms. The molecule has 1 aromatic carbocycles. The first-order chi connectivity index (χ1) is 10.9. The fraction of sp³-hybridized carbons (Fsp3) is 0.316. The zero-order valence-electron chi connectivity index (χ0n) is 12.8. The Kier molecular flexibility index (Phi) is 3.43. The van der Waals surface area contributed by atoms with E-state index in [1.165, 1.54) is 22.4 Å². The van der Waals surface area contributed by atoms with Crippen LogP contribution in [0.3, 0.4) is 0 Å². The van der Waals surface area contributed by atoms with Crippen LogP contribution in [0.15, 0.2) is 42.6 Å². The van der Waals surface area contributed by atoms with E-state index in [1.54, 1.807) is 0 Å². The van der Waals surface area contributed by atoms with Crippen molar-refractivity contribution in [1.82, 2.24) is 9.88 Å². The van der Waals surface area contributed by atoms with Gasteiger partial charge in [0.1, 0.15) is 0 Å². The van der Waals surface area contributed by atoms with Crippen LogP contribution in [0, 0.1) is 0 Å². The Morgan fingerprint density at radius 3 is 2.91 bits per heavy atom. The number of pyridine rings is 1. The lowest BCUT2D eigenvalue weighted by atomic mass is 9.98. The van der Waals surface area contributed by atoms with E-state index in [9.17, 15) is 0 Å². The molecule has 3 heteroatoms. The third-order valence-corrected chi connectivity index (χ3v) is 4.48. The van der Waals surface area contributed by atoms with E-state index in [0.717, 1.165) is 31.7 Å². The number of benzene rings is 1. The van der Waals surface area contributed by atoms with Gasteiger partial charge in [0.05, 0.1) is 12.3 Å². The number of rotatable bonds is 2. The number of fused-ring (bicyclic) bond motifs is 3. The van der Waals surface area contributed by atoms with Crippen molar-refractivity contribution < 1.29 is 4.74 Å². The van der Waals surface area contributed by atoms with Crippen LogP contribution >= 0.6 is 0 Å². The van der Waals surface area contributed by atoms with Crippen molar-refractivity contribution in [1.29, 1.82) is 0 Å². The van der Waals surface area contributed by atoms with E-state index < -0.39 is 0 Å². The number of aromatic nitrogens is 1. The van der Waals surface area contributed by atoms with Crippen LogP contribution in [0.4, 0.5) is 0 Å². The summed E-state index contributed by atoms with van der Waals surface area (Å²) in [5, 5.41) is 0. The molecule has 1 fully saturated rings. The smallest absolute Gasteiger partial charge is 0.158 e. The molecule has 1 aromatic heterocycles. The standard InChI is InChI=1S/C19H20N2O/c1-2-14-6-8-15(9-7-14)18-13-17-16(5-3-10-20-17)19-21(18)11-4-12-22-19/h3,5-10,13,19H,2,4,11-12H2,1H3. The molecule has 0 saturated carbocycles. The molecule has 4 rings (SSSR count). The fourth-order valence-corrected chi connectivity index (χ4v) is 3.27. The van der Waals surface area contributed by atoms with Gasteiger partial charge in [-0.2, -0.15) is 0 Å². The third kappa shape index (κ3) is 2.22. The third-order valence-electron chi connectivity index (χ3n) is 4.48. The van der Waals surface area contributed by atoms with E-state index in [-0.39, 0.29) is 6.23 Å². The van der Waals surface area contributed by atoms with Crippen molar-refractivity contribution in [3.8, 4) is 0 Å². The Bertz CT molecular complexity index is 706. The minimum atomic E-state index is 0.00306. The van der Waals surface area contributed by atoms with Gasteiger partial charge in [-0.25, -0.2) is 0 Å². The highest BCUT2D eigenvalue weighted by Crippen LogP contribution is 2.40. The van der Waals surface area contributed by atoms with Crippen LogP contribution in [0.5, 0.6) is 0 Å². The molecule has 3 heterocycles. The highest BCUT2D eigenvalue weighted by Gasteiger charge is 2.32. The van der Waals surface area contributed by atoms with Crippen molar-refractivity contribution in [2.24, 2.45) is 0 Å². The Labute approximate surface area is 131 Å². The van der Waals surface area contributed by atoms with E-state index in [2.05, 4.69) is 53.2 Å². The van der Waals surface area contributed by atoms with E-state index >= 15 is 0 Å². The maximum absolute atomic E-state index is 6.05. The number of nitrogens with zero attached hydrogens (tertiary/aromatic N) is 2. The van der Waals surface area contributed by atoms with E-state index in [4.69, 9.17) is 4.74 Å². The van der Waals surface area contributed by atoms with Gasteiger partial charge in [0.15, 0.2) is 6.23 Å². The minimum Gasteiger partial charge on any atom is -0.354 e. The Balaban J connectivity index is 1.81. The zero-order chi connectivity index (χ0) is 14.9. The molecular formula is C19H20N2O. The first-order valence-electron chi connectivity index (χ1n) is 8.01. The molecule has 0 radical (unpaired) electrons. The predicted molar refractivity (Wildman–Crippen MR) is 87.9 cm³/mol. The second kappa shape index (κ2) is 5.58. The average Bonchev–Trinajstić information content (AvgIpc) is 2.61. The molecule has 22 heavy (non-hydrogen) atoms. The fourth-order valence-electron chi connectivity index (χ4n) is 3.27. The van der Waals surface area contributed by atoms with Gasteiger partial charge in [-0.05, 0) is 36.1 Å². The maximum atomic E-state index is 6.05. The molecule has 1 saturated heterocycles. The molecule has 2 aliphatic rings. The van der Waals surface area contributed by atoms with Crippen LogP contribution in [-0.2, 0) is 11.2 Å². The molecule has 1 unspecified atom stereocenters. The van der Waals surface area contributed by atoms with Crippen LogP contribution in [0.25, 0.3) is 11.8 Å². The quantitative estimate of drug-likeness (QED) is 0.840. The van der Waals surface area contributed by atoms with Crippen molar-refractivity contribution in [3.05, 3.63) is 65.0 Å². The van der Waals surface area contributed by atoms with Crippen LogP contribution in [0.2, 0.25) is 0 Å². The number of ether oxygens (including phenoxy) is 1. The summed E-state index contributed by atoms with van der Waals surface area (Å²) >= 11 is 0. The molecule has 0 spiro atoms. The molecule has 112 valence electrons. The highest BCUT2D eigenvalue weighted by atomic mass is 16.5. The van der Waals surface area contributed by atoms with Gasteiger partial charge in [0, 0.05) is 24.0 Å². The van der Waals surface area contributed by atoms with Crippen LogP contribution < -0.4 is 0 Å². The topological polar surface area (TPSA) is 25.4 Å². The lowest BCUT2D eigenvalue weighted by molar-refractivity contribution is -0.0703. The second-order valence-corrected chi connectivity index (χ2v) is 5.83. The van der Waals surface area contributed by atoms with Crippen LogP contribution in [-0.4, -0.2) is 23.0 Å². The lowest BCUT2D eigenvalue weighted by Gasteiger charge is -2.41. The monoisotopic (exact) mass is 292 g/mol. The molecule has 0 aliphatic carbocycles. The highest BCUT2D eigenvalue weighted by molar-refractivity contribution is 5.82. The van der Waals surface area contributed by atoms with E-state index in [1.807, 2.05) is 12.3 Å². The van der Waals surface area contributed by atoms with Crippen molar-refractivity contribution in [2.45, 2.75) is 26.0 Å². The SMILES string of the molecule is CCc1ccc(C2=Cc3ncccc3C3OCCCN23)cc1. The Hall–Kier alpha value is -2.13. The summed E-state index contributed by atoms with van der Waals surface area (Å²) in [7, 11) is 0. The summed E-state index contributed by atoms with van der Waals surface area (Å²) in [6.07, 6.45) is 6.19. The molecule has 1 atom stereocenters. The number of hydrogen-bond donors (Lipinski definition) is 0. The Morgan fingerprint density at radius 1 is 1.23 bits per heavy atom.